The number of hydrogen-bond acceptors (Lipinski definition) is 7. The Labute approximate surface area is 306 Å². The Bertz CT molecular complexity index is 1640. The van der Waals surface area contributed by atoms with Crippen molar-refractivity contribution in [3.05, 3.63) is 108 Å². The molecule has 2 saturated heterocycles. The molecule has 4 aromatic carbocycles. The average Bonchev–Trinajstić information content (AvgIpc) is 3.88. The van der Waals surface area contributed by atoms with Crippen LogP contribution in [-0.4, -0.2) is 80.0 Å². The van der Waals surface area contributed by atoms with Crippen molar-refractivity contribution in [3.8, 4) is 0 Å². The van der Waals surface area contributed by atoms with Crippen molar-refractivity contribution in [2.75, 3.05) is 84.3 Å². The van der Waals surface area contributed by atoms with Crippen molar-refractivity contribution in [1.29, 1.82) is 0 Å². The average molecular weight is 703 g/mol. The summed E-state index contributed by atoms with van der Waals surface area (Å²) >= 11 is 0. The molecular weight excluding hydrogens is 653 g/mol. The van der Waals surface area contributed by atoms with Gasteiger partial charge in [-0.1, -0.05) is 36.4 Å². The number of nitrogens with one attached hydrogen (secondary N) is 6. The fourth-order valence-corrected chi connectivity index (χ4v) is 6.69. The Morgan fingerprint density at radius 3 is 1.25 bits per heavy atom. The number of carbonyl (C=O) groups is 3. The number of rotatable bonds is 16. The smallest absolute Gasteiger partial charge is 0.323 e. The minimum atomic E-state index is -0.499. The van der Waals surface area contributed by atoms with Gasteiger partial charge in [0.05, 0.1) is 0 Å². The Hall–Kier alpha value is -5.39. The van der Waals surface area contributed by atoms with E-state index >= 15 is 0 Å². The zero-order chi connectivity index (χ0) is 36.0. The van der Waals surface area contributed by atoms with Crippen LogP contribution in [0.5, 0.6) is 0 Å². The van der Waals surface area contributed by atoms with Gasteiger partial charge in [0.25, 0.3) is 11.8 Å². The van der Waals surface area contributed by atoms with Crippen molar-refractivity contribution in [1.82, 2.24) is 9.80 Å². The molecule has 0 radical (unpaired) electrons. The first kappa shape index (κ1) is 36.4. The molecule has 4 aromatic rings. The number of amides is 4. The largest absolute Gasteiger partial charge is 0.385 e. The van der Waals surface area contributed by atoms with Crippen molar-refractivity contribution < 1.29 is 14.4 Å². The first-order chi connectivity index (χ1) is 25.5. The maximum Gasteiger partial charge on any atom is 0.323 e. The Kier molecular flexibility index (Phi) is 13.1. The highest BCUT2D eigenvalue weighted by Gasteiger charge is 2.16. The number of urea groups is 1. The molecule has 6 N–H and O–H groups in total. The van der Waals surface area contributed by atoms with Gasteiger partial charge in [0, 0.05) is 58.3 Å². The number of carbonyl (C=O) groups excluding carboxylic acids is 3. The Balaban J connectivity index is 1.15. The predicted octanol–water partition coefficient (Wildman–Crippen LogP) is 7.63. The van der Waals surface area contributed by atoms with E-state index in [0.717, 1.165) is 76.6 Å². The third kappa shape index (κ3) is 11.3. The molecule has 0 saturated carbocycles. The number of para-hydroxylation sites is 2. The van der Waals surface area contributed by atoms with Crippen LogP contribution in [0.15, 0.2) is 97.1 Å². The second-order valence-corrected chi connectivity index (χ2v) is 13.5. The summed E-state index contributed by atoms with van der Waals surface area (Å²) in [5.41, 5.74) is 4.56. The first-order valence-electron chi connectivity index (χ1n) is 18.5. The van der Waals surface area contributed by atoms with Gasteiger partial charge >= 0.3 is 6.03 Å². The molecule has 2 fully saturated rings. The molecule has 2 heterocycles. The lowest BCUT2D eigenvalue weighted by molar-refractivity contribution is 0.101. The van der Waals surface area contributed by atoms with Crippen molar-refractivity contribution in [3.63, 3.8) is 0 Å². The molecule has 52 heavy (non-hydrogen) atoms. The molecule has 4 amide bonds. The standard InChI is InChI=1S/C41H50N8O3/c50-39(44-33-13-3-1-4-14-33)31-25-35(42-17-11-23-48-19-7-8-20-48)29-37(27-31)46-41(52)47-38-28-32(40(51)45-34-15-5-2-6-16-34)26-36(30-38)43-18-12-24-49-21-9-10-22-49/h1-6,13-16,25-30,42-43H,7-12,17-24H2,(H,44,50)(H,45,51)(H2,46,47,52). The lowest BCUT2D eigenvalue weighted by atomic mass is 10.1. The SMILES string of the molecule is O=C(Nc1cc(NCCCN2CCCC2)cc(C(=O)Nc2ccccc2)c1)Nc1cc(NCCCN2CCCC2)cc(C(=O)Nc2ccccc2)c1. The maximum atomic E-state index is 13.5. The first-order valence-corrected chi connectivity index (χ1v) is 18.5. The molecule has 272 valence electrons. The van der Waals surface area contributed by atoms with E-state index in [1.54, 1.807) is 24.3 Å². The summed E-state index contributed by atoms with van der Waals surface area (Å²) < 4.78 is 0. The lowest BCUT2D eigenvalue weighted by Crippen LogP contribution is -2.23. The summed E-state index contributed by atoms with van der Waals surface area (Å²) in [7, 11) is 0. The molecule has 0 bridgehead atoms. The minimum Gasteiger partial charge on any atom is -0.385 e. The Morgan fingerprint density at radius 2 is 0.846 bits per heavy atom. The zero-order valence-electron chi connectivity index (χ0n) is 29.8. The second-order valence-electron chi connectivity index (χ2n) is 13.5. The van der Waals surface area contributed by atoms with Crippen LogP contribution in [0.1, 0.15) is 59.2 Å². The summed E-state index contributed by atoms with van der Waals surface area (Å²) in [6, 6.07) is 28.6. The van der Waals surface area contributed by atoms with Crippen LogP contribution in [0.3, 0.4) is 0 Å². The van der Waals surface area contributed by atoms with Gasteiger partial charge in [-0.25, -0.2) is 4.79 Å². The van der Waals surface area contributed by atoms with E-state index in [1.807, 2.05) is 72.8 Å². The van der Waals surface area contributed by atoms with Gasteiger partial charge in [-0.15, -0.1) is 0 Å². The van der Waals surface area contributed by atoms with Crippen LogP contribution in [0, 0.1) is 0 Å². The zero-order valence-corrected chi connectivity index (χ0v) is 29.8. The van der Waals surface area contributed by atoms with Crippen LogP contribution >= 0.6 is 0 Å². The molecule has 11 heteroatoms. The molecular formula is C41H50N8O3. The van der Waals surface area contributed by atoms with Crippen LogP contribution in [0.25, 0.3) is 0 Å². The topological polar surface area (TPSA) is 130 Å². The van der Waals surface area contributed by atoms with E-state index in [-0.39, 0.29) is 11.8 Å². The van der Waals surface area contributed by atoms with Gasteiger partial charge in [-0.3, -0.25) is 9.59 Å². The summed E-state index contributed by atoms with van der Waals surface area (Å²) in [4.78, 5) is 45.1. The van der Waals surface area contributed by atoms with Crippen LogP contribution in [0.2, 0.25) is 0 Å². The maximum absolute atomic E-state index is 13.5. The normalized spacial score (nSPS) is 14.5. The van der Waals surface area contributed by atoms with Crippen LogP contribution in [0.4, 0.5) is 38.9 Å². The molecule has 0 aromatic heterocycles. The fourth-order valence-electron chi connectivity index (χ4n) is 6.69. The minimum absolute atomic E-state index is 0.284. The molecule has 11 nitrogen and oxygen atoms in total. The fraction of sp³-hybridized carbons (Fsp3) is 0.341. The molecule has 0 aliphatic carbocycles. The summed E-state index contributed by atoms with van der Waals surface area (Å²) in [5.74, 6) is -0.569. The summed E-state index contributed by atoms with van der Waals surface area (Å²) in [6.45, 7) is 8.10. The number of likely N-dealkylation sites (tertiary alicyclic amines) is 2. The van der Waals surface area contributed by atoms with Gasteiger partial charge in [-0.05, 0) is 138 Å². The molecule has 0 atom stereocenters. The van der Waals surface area contributed by atoms with E-state index < -0.39 is 6.03 Å². The van der Waals surface area contributed by atoms with E-state index in [9.17, 15) is 14.4 Å². The van der Waals surface area contributed by atoms with Gasteiger partial charge in [0.15, 0.2) is 0 Å². The van der Waals surface area contributed by atoms with E-state index in [0.29, 0.717) is 33.9 Å². The third-order valence-electron chi connectivity index (χ3n) is 9.33. The van der Waals surface area contributed by atoms with Crippen molar-refractivity contribution in [2.24, 2.45) is 0 Å². The van der Waals surface area contributed by atoms with Crippen LogP contribution < -0.4 is 31.9 Å². The molecule has 2 aliphatic heterocycles. The highest BCUT2D eigenvalue weighted by Crippen LogP contribution is 2.24. The number of hydrogen-bond donors (Lipinski definition) is 6. The predicted molar refractivity (Wildman–Crippen MR) is 212 cm³/mol. The van der Waals surface area contributed by atoms with Gasteiger partial charge in [-0.2, -0.15) is 0 Å². The van der Waals surface area contributed by atoms with Gasteiger partial charge < -0.3 is 41.7 Å². The number of anilines is 6. The molecule has 0 spiro atoms. The van der Waals surface area contributed by atoms with Gasteiger partial charge in [0.2, 0.25) is 0 Å². The highest BCUT2D eigenvalue weighted by molar-refractivity contribution is 6.08. The monoisotopic (exact) mass is 702 g/mol. The number of nitrogens with zero attached hydrogens (tertiary/aromatic N) is 2. The quantitative estimate of drug-likeness (QED) is 0.0663. The third-order valence-corrected chi connectivity index (χ3v) is 9.33. The van der Waals surface area contributed by atoms with Crippen LogP contribution in [-0.2, 0) is 0 Å². The summed E-state index contributed by atoms with van der Waals surface area (Å²) in [6.07, 6.45) is 6.95. The van der Waals surface area contributed by atoms with Gasteiger partial charge in [0.1, 0.15) is 0 Å². The Morgan fingerprint density at radius 1 is 0.462 bits per heavy atom. The van der Waals surface area contributed by atoms with Crippen molar-refractivity contribution >= 4 is 52.0 Å². The van der Waals surface area contributed by atoms with E-state index in [4.69, 9.17) is 0 Å². The van der Waals surface area contributed by atoms with E-state index in [1.165, 1.54) is 25.7 Å². The summed E-state index contributed by atoms with van der Waals surface area (Å²) in [5, 5.41) is 18.6. The second kappa shape index (κ2) is 18.7. The number of benzene rings is 4. The molecule has 6 rings (SSSR count). The molecule has 2 aliphatic rings. The lowest BCUT2D eigenvalue weighted by Gasteiger charge is -2.17. The highest BCUT2D eigenvalue weighted by atomic mass is 16.2. The molecule has 0 unspecified atom stereocenters. The van der Waals surface area contributed by atoms with E-state index in [2.05, 4.69) is 41.7 Å². The van der Waals surface area contributed by atoms with Crippen molar-refractivity contribution in [2.45, 2.75) is 38.5 Å².